The largest absolute Gasteiger partial charge is 0.469 e. The number of hydrogen-bond donors (Lipinski definition) is 0. The molecule has 0 spiro atoms. The first-order valence-electron chi connectivity index (χ1n) is 7.69. The molecular formula is C17H24O4S. The van der Waals surface area contributed by atoms with Crippen LogP contribution in [0.2, 0.25) is 0 Å². The molecule has 1 aliphatic rings. The first kappa shape index (κ1) is 17.0. The number of carbonyl (C=O) groups excluding carboxylic acids is 1. The molecule has 1 aromatic rings. The number of carbonyl (C=O) groups is 1. The van der Waals surface area contributed by atoms with Crippen LogP contribution in [0, 0.1) is 11.8 Å². The second kappa shape index (κ2) is 6.41. The number of ether oxygens (including phenoxy) is 1. The summed E-state index contributed by atoms with van der Waals surface area (Å²) in [5.74, 6) is 0.626. The van der Waals surface area contributed by atoms with Crippen LogP contribution in [0.25, 0.3) is 0 Å². The van der Waals surface area contributed by atoms with E-state index in [4.69, 9.17) is 4.74 Å². The SMILES string of the molecule is COC(=O)C1CC1CC(C)c1ccc(S(=O)(=O)C(C)C)cc1. The molecule has 1 aliphatic carbocycles. The van der Waals surface area contributed by atoms with Crippen LogP contribution in [-0.2, 0) is 19.4 Å². The van der Waals surface area contributed by atoms with Gasteiger partial charge in [0.2, 0.25) is 0 Å². The summed E-state index contributed by atoms with van der Waals surface area (Å²) in [6, 6.07) is 7.14. The second-order valence-electron chi connectivity index (χ2n) is 6.42. The number of hydrogen-bond acceptors (Lipinski definition) is 4. The molecule has 2 rings (SSSR count). The lowest BCUT2D eigenvalue weighted by Gasteiger charge is -2.13. The van der Waals surface area contributed by atoms with Crippen LogP contribution in [0.3, 0.4) is 0 Å². The Bertz CT molecular complexity index is 631. The van der Waals surface area contributed by atoms with E-state index in [-0.39, 0.29) is 11.9 Å². The molecule has 1 fully saturated rings. The van der Waals surface area contributed by atoms with E-state index in [0.29, 0.717) is 16.7 Å². The van der Waals surface area contributed by atoms with Gasteiger partial charge in [-0.05, 0) is 56.2 Å². The molecule has 4 nitrogen and oxygen atoms in total. The smallest absolute Gasteiger partial charge is 0.308 e. The monoisotopic (exact) mass is 324 g/mol. The maximum Gasteiger partial charge on any atom is 0.308 e. The molecule has 0 aromatic heterocycles. The quantitative estimate of drug-likeness (QED) is 0.754. The number of benzene rings is 1. The fourth-order valence-corrected chi connectivity index (χ4v) is 3.86. The molecular weight excluding hydrogens is 300 g/mol. The maximum atomic E-state index is 12.1. The average molecular weight is 324 g/mol. The highest BCUT2D eigenvalue weighted by molar-refractivity contribution is 7.92. The van der Waals surface area contributed by atoms with Gasteiger partial charge in [0.15, 0.2) is 9.84 Å². The van der Waals surface area contributed by atoms with Crippen molar-refractivity contribution in [2.45, 2.75) is 49.7 Å². The first-order chi connectivity index (χ1) is 10.3. The second-order valence-corrected chi connectivity index (χ2v) is 8.93. The Morgan fingerprint density at radius 2 is 1.82 bits per heavy atom. The number of sulfone groups is 1. The highest BCUT2D eigenvalue weighted by Crippen LogP contribution is 2.45. The molecule has 1 aromatic carbocycles. The molecule has 0 aliphatic heterocycles. The van der Waals surface area contributed by atoms with Crippen molar-refractivity contribution < 1.29 is 17.9 Å². The Morgan fingerprint density at radius 1 is 1.23 bits per heavy atom. The van der Waals surface area contributed by atoms with E-state index < -0.39 is 15.1 Å². The van der Waals surface area contributed by atoms with E-state index in [0.717, 1.165) is 18.4 Å². The van der Waals surface area contributed by atoms with E-state index >= 15 is 0 Å². The van der Waals surface area contributed by atoms with E-state index in [2.05, 4.69) is 6.92 Å². The van der Waals surface area contributed by atoms with Crippen LogP contribution in [0.1, 0.15) is 45.1 Å². The Kier molecular flexibility index (Phi) is 4.95. The minimum absolute atomic E-state index is 0.0491. The molecule has 0 heterocycles. The summed E-state index contributed by atoms with van der Waals surface area (Å²) in [4.78, 5) is 11.8. The zero-order valence-corrected chi connectivity index (χ0v) is 14.4. The summed E-state index contributed by atoms with van der Waals surface area (Å²) >= 11 is 0. The summed E-state index contributed by atoms with van der Waals surface area (Å²) in [7, 11) is -1.79. The van der Waals surface area contributed by atoms with Crippen molar-refractivity contribution in [2.75, 3.05) is 7.11 Å². The van der Waals surface area contributed by atoms with E-state index in [9.17, 15) is 13.2 Å². The fourth-order valence-electron chi connectivity index (χ4n) is 2.80. The highest BCUT2D eigenvalue weighted by atomic mass is 32.2. The topological polar surface area (TPSA) is 60.4 Å². The predicted octanol–water partition coefficient (Wildman–Crippen LogP) is 3.17. The molecule has 0 N–H and O–H groups in total. The van der Waals surface area contributed by atoms with Crippen molar-refractivity contribution in [3.05, 3.63) is 29.8 Å². The minimum Gasteiger partial charge on any atom is -0.469 e. The van der Waals surface area contributed by atoms with Gasteiger partial charge in [-0.3, -0.25) is 4.79 Å². The van der Waals surface area contributed by atoms with Crippen molar-refractivity contribution in [3.63, 3.8) is 0 Å². The summed E-state index contributed by atoms with van der Waals surface area (Å²) in [5, 5.41) is -0.414. The van der Waals surface area contributed by atoms with E-state index in [1.165, 1.54) is 7.11 Å². The Morgan fingerprint density at radius 3 is 2.32 bits per heavy atom. The third-order valence-electron chi connectivity index (χ3n) is 4.48. The molecule has 0 radical (unpaired) electrons. The number of rotatable bonds is 6. The third-order valence-corrected chi connectivity index (χ3v) is 6.65. The van der Waals surface area contributed by atoms with Gasteiger partial charge < -0.3 is 4.74 Å². The van der Waals surface area contributed by atoms with Gasteiger partial charge in [0.05, 0.1) is 23.2 Å². The van der Waals surface area contributed by atoms with E-state index in [1.54, 1.807) is 26.0 Å². The minimum atomic E-state index is -3.21. The zero-order valence-electron chi connectivity index (χ0n) is 13.6. The molecule has 0 amide bonds. The summed E-state index contributed by atoms with van der Waals surface area (Å²) in [6.07, 6.45) is 1.83. The van der Waals surface area contributed by atoms with Crippen LogP contribution in [0.4, 0.5) is 0 Å². The highest BCUT2D eigenvalue weighted by Gasteiger charge is 2.44. The maximum absolute atomic E-state index is 12.1. The van der Waals surface area contributed by atoms with Gasteiger partial charge in [-0.1, -0.05) is 19.1 Å². The van der Waals surface area contributed by atoms with Gasteiger partial charge in [-0.2, -0.15) is 0 Å². The Labute approximate surface area is 132 Å². The van der Waals surface area contributed by atoms with Crippen molar-refractivity contribution in [3.8, 4) is 0 Å². The molecule has 1 saturated carbocycles. The standard InChI is InChI=1S/C17H24O4S/c1-11(2)22(19,20)15-7-5-13(6-8-15)12(3)9-14-10-16(14)17(18)21-4/h5-8,11-12,14,16H,9-10H2,1-4H3. The Balaban J connectivity index is 2.01. The lowest BCUT2D eigenvalue weighted by atomic mass is 9.95. The van der Waals surface area contributed by atoms with Crippen molar-refractivity contribution in [2.24, 2.45) is 11.8 Å². The van der Waals surface area contributed by atoms with Crippen LogP contribution < -0.4 is 0 Å². The molecule has 5 heteroatoms. The van der Waals surface area contributed by atoms with E-state index in [1.807, 2.05) is 12.1 Å². The summed E-state index contributed by atoms with van der Waals surface area (Å²) in [6.45, 7) is 5.48. The molecule has 22 heavy (non-hydrogen) atoms. The number of methoxy groups -OCH3 is 1. The first-order valence-corrected chi connectivity index (χ1v) is 9.23. The van der Waals surface area contributed by atoms with Crippen LogP contribution >= 0.6 is 0 Å². The lowest BCUT2D eigenvalue weighted by Crippen LogP contribution is -2.14. The van der Waals surface area contributed by atoms with Gasteiger partial charge in [0.25, 0.3) is 0 Å². The van der Waals surface area contributed by atoms with Gasteiger partial charge in [-0.15, -0.1) is 0 Å². The number of esters is 1. The average Bonchev–Trinajstić information content (AvgIpc) is 3.25. The summed E-state index contributed by atoms with van der Waals surface area (Å²) < 4.78 is 29.0. The third kappa shape index (κ3) is 3.51. The van der Waals surface area contributed by atoms with Crippen LogP contribution in [0.15, 0.2) is 29.2 Å². The Hall–Kier alpha value is -1.36. The van der Waals surface area contributed by atoms with Gasteiger partial charge >= 0.3 is 5.97 Å². The fraction of sp³-hybridized carbons (Fsp3) is 0.588. The zero-order chi connectivity index (χ0) is 16.5. The lowest BCUT2D eigenvalue weighted by molar-refractivity contribution is -0.142. The van der Waals surface area contributed by atoms with Gasteiger partial charge in [0.1, 0.15) is 0 Å². The van der Waals surface area contributed by atoms with Crippen LogP contribution in [0.5, 0.6) is 0 Å². The molecule has 3 atom stereocenters. The van der Waals surface area contributed by atoms with Crippen LogP contribution in [-0.4, -0.2) is 26.7 Å². The van der Waals surface area contributed by atoms with Crippen molar-refractivity contribution >= 4 is 15.8 Å². The summed E-state index contributed by atoms with van der Waals surface area (Å²) in [5.41, 5.74) is 1.11. The van der Waals surface area contributed by atoms with Crippen molar-refractivity contribution in [1.82, 2.24) is 0 Å². The normalized spacial score (nSPS) is 22.4. The molecule has 0 saturated heterocycles. The molecule has 0 bridgehead atoms. The molecule has 122 valence electrons. The molecule has 3 unspecified atom stereocenters. The van der Waals surface area contributed by atoms with Gasteiger partial charge in [-0.25, -0.2) is 8.42 Å². The van der Waals surface area contributed by atoms with Gasteiger partial charge in [0, 0.05) is 0 Å². The van der Waals surface area contributed by atoms with Crippen molar-refractivity contribution in [1.29, 1.82) is 0 Å². The predicted molar refractivity (Wildman–Crippen MR) is 85.4 cm³/mol.